The molecule has 1 aliphatic rings. The summed E-state index contributed by atoms with van der Waals surface area (Å²) in [4.78, 5) is 16.8. The van der Waals surface area contributed by atoms with Crippen molar-refractivity contribution >= 4 is 17.6 Å². The molecular formula is C22H30N4O4. The number of ether oxygens (including phenoxy) is 2. The maximum atomic E-state index is 12.1. The van der Waals surface area contributed by atoms with Gasteiger partial charge >= 0.3 is 0 Å². The van der Waals surface area contributed by atoms with Crippen LogP contribution in [0.3, 0.4) is 0 Å². The highest BCUT2D eigenvalue weighted by molar-refractivity contribution is 6.02. The maximum absolute atomic E-state index is 12.1. The van der Waals surface area contributed by atoms with Gasteiger partial charge in [0.05, 0.1) is 25.5 Å². The van der Waals surface area contributed by atoms with E-state index in [0.29, 0.717) is 25.4 Å². The Bertz CT molecular complexity index is 801. The number of hydrogen-bond acceptors (Lipinski definition) is 5. The molecule has 1 aromatic carbocycles. The van der Waals surface area contributed by atoms with Gasteiger partial charge < -0.3 is 29.8 Å². The molecule has 1 unspecified atom stereocenters. The summed E-state index contributed by atoms with van der Waals surface area (Å²) in [5.41, 5.74) is 1.70. The Kier molecular flexibility index (Phi) is 8.74. The fourth-order valence-electron chi connectivity index (χ4n) is 3.03. The largest absolute Gasteiger partial charge is 0.459 e. The molecule has 1 amide bonds. The van der Waals surface area contributed by atoms with Crippen molar-refractivity contribution in [2.75, 3.05) is 38.2 Å². The van der Waals surface area contributed by atoms with E-state index in [-0.39, 0.29) is 17.8 Å². The number of benzene rings is 1. The number of nitrogens with one attached hydrogen (secondary N) is 3. The summed E-state index contributed by atoms with van der Waals surface area (Å²) >= 11 is 0. The predicted octanol–water partition coefficient (Wildman–Crippen LogP) is 2.78. The number of hydrogen-bond donors (Lipinski definition) is 3. The summed E-state index contributed by atoms with van der Waals surface area (Å²) in [5, 5.41) is 9.41. The Balaban J connectivity index is 1.45. The van der Waals surface area contributed by atoms with Crippen LogP contribution in [0.1, 0.15) is 35.9 Å². The smallest absolute Gasteiger partial charge is 0.291 e. The van der Waals surface area contributed by atoms with E-state index in [1.54, 1.807) is 12.1 Å². The van der Waals surface area contributed by atoms with Gasteiger partial charge in [0.25, 0.3) is 5.91 Å². The highest BCUT2D eigenvalue weighted by Crippen LogP contribution is 2.13. The lowest BCUT2D eigenvalue weighted by molar-refractivity contribution is 0.0420. The molecule has 0 radical (unpaired) electrons. The van der Waals surface area contributed by atoms with Crippen LogP contribution in [0.4, 0.5) is 5.69 Å². The zero-order valence-corrected chi connectivity index (χ0v) is 17.4. The number of carbonyl (C=O) groups excluding carboxylic acids is 1. The molecule has 0 saturated carbocycles. The number of aliphatic imine (C=N–C) groups is 1. The van der Waals surface area contributed by atoms with E-state index < -0.39 is 0 Å². The predicted molar refractivity (Wildman–Crippen MR) is 116 cm³/mol. The third kappa shape index (κ3) is 7.20. The summed E-state index contributed by atoms with van der Waals surface area (Å²) in [5.74, 6) is 0.759. The van der Waals surface area contributed by atoms with E-state index in [0.717, 1.165) is 44.1 Å². The van der Waals surface area contributed by atoms with Crippen LogP contribution in [0.5, 0.6) is 0 Å². The normalized spacial score (nSPS) is 16.4. The molecule has 8 heteroatoms. The summed E-state index contributed by atoms with van der Waals surface area (Å²) in [6, 6.07) is 10.9. The van der Waals surface area contributed by atoms with Gasteiger partial charge in [-0.25, -0.2) is 4.99 Å². The molecule has 1 atom stereocenters. The second-order valence-corrected chi connectivity index (χ2v) is 6.96. The Morgan fingerprint density at radius 2 is 2.20 bits per heavy atom. The first-order chi connectivity index (χ1) is 14.7. The zero-order valence-electron chi connectivity index (χ0n) is 17.4. The van der Waals surface area contributed by atoms with Crippen molar-refractivity contribution in [1.82, 2.24) is 10.6 Å². The van der Waals surface area contributed by atoms with E-state index in [1.165, 1.54) is 6.26 Å². The van der Waals surface area contributed by atoms with Crippen LogP contribution in [0.2, 0.25) is 0 Å². The number of guanidine groups is 1. The molecule has 1 fully saturated rings. The molecule has 1 aromatic heterocycles. The number of furan rings is 1. The van der Waals surface area contributed by atoms with Crippen molar-refractivity contribution in [3.05, 3.63) is 54.0 Å². The summed E-state index contributed by atoms with van der Waals surface area (Å²) in [6.45, 7) is 6.30. The third-order valence-corrected chi connectivity index (χ3v) is 4.55. The van der Waals surface area contributed by atoms with Crippen molar-refractivity contribution in [3.63, 3.8) is 0 Å². The fourth-order valence-corrected chi connectivity index (χ4v) is 3.03. The first-order valence-corrected chi connectivity index (χ1v) is 10.4. The molecule has 3 rings (SSSR count). The quantitative estimate of drug-likeness (QED) is 0.314. The molecule has 30 heavy (non-hydrogen) atoms. The second kappa shape index (κ2) is 12.0. The molecule has 2 aromatic rings. The number of carbonyl (C=O) groups is 1. The molecule has 3 N–H and O–H groups in total. The van der Waals surface area contributed by atoms with E-state index in [9.17, 15) is 4.79 Å². The standard InChI is InChI=1S/C22H30N4O4/c1-2-23-22(24-10-5-12-29-19-9-13-28-16-19)25-15-17-6-3-7-18(14-17)26-21(27)20-8-4-11-30-20/h3-4,6-8,11,14,19H,2,5,9-10,12-13,15-16H2,1H3,(H,26,27)(H2,23,24,25). The molecule has 1 saturated heterocycles. The molecular weight excluding hydrogens is 384 g/mol. The van der Waals surface area contributed by atoms with Crippen molar-refractivity contribution in [1.29, 1.82) is 0 Å². The van der Waals surface area contributed by atoms with Crippen molar-refractivity contribution < 1.29 is 18.7 Å². The van der Waals surface area contributed by atoms with Gasteiger partial charge in [-0.2, -0.15) is 0 Å². The zero-order chi connectivity index (χ0) is 21.0. The Labute approximate surface area is 177 Å². The average molecular weight is 415 g/mol. The summed E-state index contributed by atoms with van der Waals surface area (Å²) in [7, 11) is 0. The minimum atomic E-state index is -0.276. The summed E-state index contributed by atoms with van der Waals surface area (Å²) < 4.78 is 16.2. The van der Waals surface area contributed by atoms with Crippen LogP contribution in [0.15, 0.2) is 52.1 Å². The highest BCUT2D eigenvalue weighted by Gasteiger charge is 2.15. The molecule has 0 aliphatic carbocycles. The lowest BCUT2D eigenvalue weighted by Crippen LogP contribution is -2.38. The van der Waals surface area contributed by atoms with Crippen LogP contribution in [0, 0.1) is 0 Å². The third-order valence-electron chi connectivity index (χ3n) is 4.55. The number of rotatable bonds is 10. The highest BCUT2D eigenvalue weighted by atomic mass is 16.5. The minimum Gasteiger partial charge on any atom is -0.459 e. The Hall–Kier alpha value is -2.84. The van der Waals surface area contributed by atoms with Gasteiger partial charge in [-0.05, 0) is 49.6 Å². The topological polar surface area (TPSA) is 97.1 Å². The van der Waals surface area contributed by atoms with Gasteiger partial charge in [0.15, 0.2) is 11.7 Å². The molecule has 8 nitrogen and oxygen atoms in total. The van der Waals surface area contributed by atoms with Crippen molar-refractivity contribution in [3.8, 4) is 0 Å². The average Bonchev–Trinajstić information content (AvgIpc) is 3.46. The van der Waals surface area contributed by atoms with Gasteiger partial charge in [-0.3, -0.25) is 4.79 Å². The lowest BCUT2D eigenvalue weighted by atomic mass is 10.2. The van der Waals surface area contributed by atoms with E-state index in [2.05, 4.69) is 20.9 Å². The molecule has 2 heterocycles. The van der Waals surface area contributed by atoms with Crippen molar-refractivity contribution in [2.24, 2.45) is 4.99 Å². The lowest BCUT2D eigenvalue weighted by Gasteiger charge is -2.13. The van der Waals surface area contributed by atoms with Crippen LogP contribution in [-0.4, -0.2) is 50.9 Å². The fraction of sp³-hybridized carbons (Fsp3) is 0.455. The molecule has 0 bridgehead atoms. The van der Waals surface area contributed by atoms with Gasteiger partial charge in [0.1, 0.15) is 0 Å². The van der Waals surface area contributed by atoms with Gasteiger partial charge in [0, 0.05) is 32.0 Å². The Morgan fingerprint density at radius 1 is 1.27 bits per heavy atom. The molecule has 162 valence electrons. The van der Waals surface area contributed by atoms with E-state index >= 15 is 0 Å². The van der Waals surface area contributed by atoms with E-state index in [1.807, 2.05) is 31.2 Å². The van der Waals surface area contributed by atoms with Crippen LogP contribution < -0.4 is 16.0 Å². The van der Waals surface area contributed by atoms with Crippen LogP contribution >= 0.6 is 0 Å². The first-order valence-electron chi connectivity index (χ1n) is 10.4. The molecule has 1 aliphatic heterocycles. The van der Waals surface area contributed by atoms with Crippen LogP contribution in [-0.2, 0) is 16.0 Å². The summed E-state index contributed by atoms with van der Waals surface area (Å²) in [6.07, 6.45) is 3.60. The Morgan fingerprint density at radius 3 is 2.97 bits per heavy atom. The number of anilines is 1. The first kappa shape index (κ1) is 21.9. The SMILES string of the molecule is CCNC(=NCc1cccc(NC(=O)c2ccco2)c1)NCCCOC1CCOC1. The van der Waals surface area contributed by atoms with Gasteiger partial charge in [-0.15, -0.1) is 0 Å². The monoisotopic (exact) mass is 414 g/mol. The van der Waals surface area contributed by atoms with Crippen molar-refractivity contribution in [2.45, 2.75) is 32.4 Å². The van der Waals surface area contributed by atoms with Gasteiger partial charge in [0.2, 0.25) is 0 Å². The number of amides is 1. The maximum Gasteiger partial charge on any atom is 0.291 e. The van der Waals surface area contributed by atoms with Crippen LogP contribution in [0.25, 0.3) is 0 Å². The molecule has 0 spiro atoms. The van der Waals surface area contributed by atoms with E-state index in [4.69, 9.17) is 13.9 Å². The minimum absolute atomic E-state index is 0.243. The second-order valence-electron chi connectivity index (χ2n) is 6.96. The number of nitrogens with zero attached hydrogens (tertiary/aromatic N) is 1. The van der Waals surface area contributed by atoms with Gasteiger partial charge in [-0.1, -0.05) is 12.1 Å².